The summed E-state index contributed by atoms with van der Waals surface area (Å²) < 4.78 is 6.56. The third-order valence-corrected chi connectivity index (χ3v) is 8.10. The van der Waals surface area contributed by atoms with Gasteiger partial charge in [-0.3, -0.25) is 9.69 Å². The Balaban J connectivity index is 1.25. The maximum Gasteiger partial charge on any atom is 0.251 e. The molecule has 4 fully saturated rings. The highest BCUT2D eigenvalue weighted by Gasteiger charge is 2.63. The molecule has 1 spiro atoms. The molecule has 0 unspecified atom stereocenters. The maximum atomic E-state index is 12.4. The second-order valence-corrected chi connectivity index (χ2v) is 9.60. The van der Waals surface area contributed by atoms with Gasteiger partial charge >= 0.3 is 0 Å². The molecule has 26 heavy (non-hydrogen) atoms. The predicted molar refractivity (Wildman–Crippen MR) is 105 cm³/mol. The molecule has 1 N–H and O–H groups in total. The first-order chi connectivity index (χ1) is 12.8. The molecule has 140 valence electrons. The summed E-state index contributed by atoms with van der Waals surface area (Å²) in [4.78, 5) is 15.2. The van der Waals surface area contributed by atoms with Crippen LogP contribution in [-0.4, -0.2) is 59.7 Å². The zero-order valence-electron chi connectivity index (χ0n) is 15.2. The van der Waals surface area contributed by atoms with E-state index >= 15 is 0 Å². The van der Waals surface area contributed by atoms with Crippen LogP contribution < -0.4 is 5.32 Å². The Morgan fingerprint density at radius 2 is 2.04 bits per heavy atom. The Labute approximate surface area is 160 Å². The number of amides is 1. The third kappa shape index (κ3) is 2.88. The number of likely N-dealkylation sites (tertiary alicyclic amines) is 1. The van der Waals surface area contributed by atoms with E-state index < -0.39 is 0 Å². The van der Waals surface area contributed by atoms with Crippen molar-refractivity contribution in [2.24, 2.45) is 11.8 Å². The molecule has 4 nitrogen and oxygen atoms in total. The summed E-state index contributed by atoms with van der Waals surface area (Å²) in [6.45, 7) is 3.03. The standard InChI is InChI=1S/C21H28N2O2S/c24-20(15-4-2-1-3-5-15)22-12-17-18-13-23(16-7-10-26-11-8-16)14-21(18)9-6-19(17)25-21/h1-5,16-19H,6-14H2,(H,22,24)/t17-,18+,19+,21+/m0/s1. The minimum atomic E-state index is 0.0431. The molecule has 2 bridgehead atoms. The van der Waals surface area contributed by atoms with Crippen LogP contribution in [0.15, 0.2) is 30.3 Å². The molecule has 4 aliphatic rings. The lowest BCUT2D eigenvalue weighted by molar-refractivity contribution is -0.00150. The molecule has 4 aliphatic heterocycles. The monoisotopic (exact) mass is 372 g/mol. The van der Waals surface area contributed by atoms with Crippen LogP contribution in [0.2, 0.25) is 0 Å². The number of nitrogens with zero attached hydrogens (tertiary/aromatic N) is 1. The molecule has 0 aliphatic carbocycles. The third-order valence-electron chi connectivity index (χ3n) is 7.05. The Morgan fingerprint density at radius 3 is 2.85 bits per heavy atom. The van der Waals surface area contributed by atoms with Crippen molar-refractivity contribution in [2.75, 3.05) is 31.1 Å². The van der Waals surface area contributed by atoms with E-state index in [9.17, 15) is 4.79 Å². The van der Waals surface area contributed by atoms with Gasteiger partial charge in [0.2, 0.25) is 0 Å². The van der Waals surface area contributed by atoms with Crippen molar-refractivity contribution in [3.8, 4) is 0 Å². The molecule has 4 saturated heterocycles. The van der Waals surface area contributed by atoms with Crippen molar-refractivity contribution in [3.05, 3.63) is 35.9 Å². The molecule has 4 atom stereocenters. The first-order valence-electron chi connectivity index (χ1n) is 10.1. The fourth-order valence-electron chi connectivity index (χ4n) is 5.73. The van der Waals surface area contributed by atoms with Gasteiger partial charge in [-0.15, -0.1) is 0 Å². The van der Waals surface area contributed by atoms with Gasteiger partial charge in [-0.05, 0) is 49.3 Å². The van der Waals surface area contributed by atoms with E-state index in [1.165, 1.54) is 30.8 Å². The average molecular weight is 373 g/mol. The molecule has 0 radical (unpaired) electrons. The number of rotatable bonds is 4. The number of ether oxygens (including phenoxy) is 1. The first-order valence-corrected chi connectivity index (χ1v) is 11.2. The van der Waals surface area contributed by atoms with Gasteiger partial charge in [-0.1, -0.05) is 18.2 Å². The number of hydrogen-bond donors (Lipinski definition) is 1. The Hall–Kier alpha value is -1.04. The summed E-state index contributed by atoms with van der Waals surface area (Å²) in [7, 11) is 0. The van der Waals surface area contributed by atoms with E-state index in [-0.39, 0.29) is 11.5 Å². The summed E-state index contributed by atoms with van der Waals surface area (Å²) in [5.41, 5.74) is 0.830. The van der Waals surface area contributed by atoms with Crippen molar-refractivity contribution in [1.29, 1.82) is 0 Å². The van der Waals surface area contributed by atoms with Gasteiger partial charge < -0.3 is 10.1 Å². The second-order valence-electron chi connectivity index (χ2n) is 8.38. The van der Waals surface area contributed by atoms with E-state index in [1.54, 1.807) is 0 Å². The minimum absolute atomic E-state index is 0.0431. The largest absolute Gasteiger partial charge is 0.370 e. The van der Waals surface area contributed by atoms with Gasteiger partial charge in [0, 0.05) is 43.1 Å². The maximum absolute atomic E-state index is 12.4. The lowest BCUT2D eigenvalue weighted by atomic mass is 9.73. The summed E-state index contributed by atoms with van der Waals surface area (Å²) >= 11 is 2.10. The molecular formula is C21H28N2O2S. The van der Waals surface area contributed by atoms with Crippen LogP contribution in [0.1, 0.15) is 36.0 Å². The number of carbonyl (C=O) groups excluding carboxylic acids is 1. The number of carbonyl (C=O) groups is 1. The molecule has 0 saturated carbocycles. The Bertz CT molecular complexity index is 663. The highest BCUT2D eigenvalue weighted by molar-refractivity contribution is 7.99. The number of nitrogens with one attached hydrogen (secondary N) is 1. The van der Waals surface area contributed by atoms with Crippen LogP contribution in [0.5, 0.6) is 0 Å². The fourth-order valence-corrected chi connectivity index (χ4v) is 6.81. The van der Waals surface area contributed by atoms with Crippen LogP contribution in [-0.2, 0) is 4.74 Å². The van der Waals surface area contributed by atoms with Crippen LogP contribution in [0.4, 0.5) is 0 Å². The van der Waals surface area contributed by atoms with Gasteiger partial charge in [-0.25, -0.2) is 0 Å². The van der Waals surface area contributed by atoms with Gasteiger partial charge in [0.15, 0.2) is 0 Å². The minimum Gasteiger partial charge on any atom is -0.370 e. The lowest BCUT2D eigenvalue weighted by Gasteiger charge is -2.32. The number of fused-ring (bicyclic) bond motifs is 1. The van der Waals surface area contributed by atoms with E-state index in [0.29, 0.717) is 17.9 Å². The van der Waals surface area contributed by atoms with E-state index in [4.69, 9.17) is 4.74 Å². The van der Waals surface area contributed by atoms with Crippen LogP contribution in [0, 0.1) is 11.8 Å². The molecule has 1 aromatic rings. The van der Waals surface area contributed by atoms with Gasteiger partial charge in [0.1, 0.15) is 0 Å². The van der Waals surface area contributed by atoms with Crippen LogP contribution >= 0.6 is 11.8 Å². The van der Waals surface area contributed by atoms with Crippen molar-refractivity contribution in [2.45, 2.75) is 43.4 Å². The Morgan fingerprint density at radius 1 is 1.23 bits per heavy atom. The van der Waals surface area contributed by atoms with Gasteiger partial charge in [0.25, 0.3) is 5.91 Å². The molecule has 5 heteroatoms. The van der Waals surface area contributed by atoms with Crippen molar-refractivity contribution in [1.82, 2.24) is 10.2 Å². The van der Waals surface area contributed by atoms with Crippen molar-refractivity contribution < 1.29 is 9.53 Å². The average Bonchev–Trinajstić information content (AvgIpc) is 3.36. The van der Waals surface area contributed by atoms with E-state index in [0.717, 1.165) is 37.7 Å². The topological polar surface area (TPSA) is 41.6 Å². The van der Waals surface area contributed by atoms with Crippen molar-refractivity contribution in [3.63, 3.8) is 0 Å². The van der Waals surface area contributed by atoms with Gasteiger partial charge in [-0.2, -0.15) is 11.8 Å². The van der Waals surface area contributed by atoms with Crippen LogP contribution in [0.25, 0.3) is 0 Å². The quantitative estimate of drug-likeness (QED) is 0.882. The summed E-state index contributed by atoms with van der Waals surface area (Å²) in [6.07, 6.45) is 5.37. The zero-order chi connectivity index (χ0) is 17.6. The Kier molecular flexibility index (Phi) is 4.50. The smallest absolute Gasteiger partial charge is 0.251 e. The molecular weight excluding hydrogens is 344 g/mol. The van der Waals surface area contributed by atoms with Gasteiger partial charge in [0.05, 0.1) is 11.7 Å². The summed E-state index contributed by atoms with van der Waals surface area (Å²) in [5.74, 6) is 3.71. The predicted octanol–water partition coefficient (Wildman–Crippen LogP) is 2.79. The summed E-state index contributed by atoms with van der Waals surface area (Å²) in [6, 6.07) is 10.3. The molecule has 1 amide bonds. The summed E-state index contributed by atoms with van der Waals surface area (Å²) in [5, 5.41) is 3.19. The van der Waals surface area contributed by atoms with E-state index in [2.05, 4.69) is 22.0 Å². The highest BCUT2D eigenvalue weighted by Crippen LogP contribution is 2.55. The molecule has 5 rings (SSSR count). The lowest BCUT2D eigenvalue weighted by Crippen LogP contribution is -2.41. The second kappa shape index (κ2) is 6.84. The number of thioether (sulfide) groups is 1. The molecule has 1 aromatic carbocycles. The number of hydrogen-bond acceptors (Lipinski definition) is 4. The first kappa shape index (κ1) is 17.1. The van der Waals surface area contributed by atoms with Crippen LogP contribution in [0.3, 0.4) is 0 Å². The SMILES string of the molecule is O=C(NC[C@H]1[C@H]2CN(C3CCSCC3)C[C@]23CC[C@H]1O3)c1ccccc1. The normalized spacial score (nSPS) is 37.0. The van der Waals surface area contributed by atoms with Crippen molar-refractivity contribution >= 4 is 17.7 Å². The zero-order valence-corrected chi connectivity index (χ0v) is 16.0. The fraction of sp³-hybridized carbons (Fsp3) is 0.667. The molecule has 4 heterocycles. The molecule has 0 aromatic heterocycles. The highest BCUT2D eigenvalue weighted by atomic mass is 32.2. The number of benzene rings is 1. The van der Waals surface area contributed by atoms with E-state index in [1.807, 2.05) is 30.3 Å².